The first kappa shape index (κ1) is 26.1. The van der Waals surface area contributed by atoms with E-state index in [9.17, 15) is 0 Å². The molecule has 1 heterocycles. The van der Waals surface area contributed by atoms with Gasteiger partial charge in [-0.2, -0.15) is 0 Å². The second-order valence-corrected chi connectivity index (χ2v) is 10.4. The van der Waals surface area contributed by atoms with Crippen molar-refractivity contribution in [1.82, 2.24) is 4.98 Å². The molecule has 0 aliphatic heterocycles. The SMILES string of the molecule is [Ir].[c-]1ccc(-c2cccc(-c3cccc(-c4ccc(C5(c6ccccc6)CC5)cc4)c3)c2)cc1-c1ccccn1. The van der Waals surface area contributed by atoms with E-state index in [2.05, 4.69) is 126 Å². The Hall–Kier alpha value is -4.10. The summed E-state index contributed by atoms with van der Waals surface area (Å²) in [6, 6.07) is 53.4. The molecule has 7 rings (SSSR count). The fourth-order valence-electron chi connectivity index (χ4n) is 5.68. The molecule has 5 aromatic carbocycles. The van der Waals surface area contributed by atoms with E-state index in [0.717, 1.165) is 16.8 Å². The molecule has 0 spiro atoms. The number of aromatic nitrogens is 1. The van der Waals surface area contributed by atoms with Gasteiger partial charge in [-0.1, -0.05) is 103 Å². The first-order valence-electron chi connectivity index (χ1n) is 13.6. The van der Waals surface area contributed by atoms with E-state index in [0.29, 0.717) is 0 Å². The van der Waals surface area contributed by atoms with Crippen LogP contribution in [-0.4, -0.2) is 4.98 Å². The molecule has 0 saturated heterocycles. The van der Waals surface area contributed by atoms with Gasteiger partial charge in [0.1, 0.15) is 0 Å². The maximum absolute atomic E-state index is 4.49. The zero-order valence-corrected chi connectivity index (χ0v) is 24.4. The maximum Gasteiger partial charge on any atom is 0.0203 e. The third-order valence-corrected chi connectivity index (χ3v) is 7.98. The Bertz CT molecular complexity index is 1740. The molecule has 0 bridgehead atoms. The van der Waals surface area contributed by atoms with Gasteiger partial charge in [-0.05, 0) is 75.7 Å². The number of pyridine rings is 1. The average Bonchev–Trinajstić information content (AvgIpc) is 3.85. The third kappa shape index (κ3) is 5.09. The Kier molecular flexibility index (Phi) is 7.30. The number of hydrogen-bond donors (Lipinski definition) is 0. The van der Waals surface area contributed by atoms with Crippen molar-refractivity contribution < 1.29 is 20.1 Å². The Balaban J connectivity index is 0.00000289. The van der Waals surface area contributed by atoms with Crippen LogP contribution in [0.3, 0.4) is 0 Å². The van der Waals surface area contributed by atoms with Crippen LogP contribution in [0.2, 0.25) is 0 Å². The smallest absolute Gasteiger partial charge is 0.0203 e. The Morgan fingerprint density at radius 1 is 0.500 bits per heavy atom. The van der Waals surface area contributed by atoms with Gasteiger partial charge in [0.05, 0.1) is 0 Å². The van der Waals surface area contributed by atoms with E-state index >= 15 is 0 Å². The van der Waals surface area contributed by atoms with Gasteiger partial charge in [0, 0.05) is 31.7 Å². The van der Waals surface area contributed by atoms with Crippen molar-refractivity contribution in [2.75, 3.05) is 0 Å². The molecule has 1 aliphatic rings. The predicted molar refractivity (Wildman–Crippen MR) is 161 cm³/mol. The van der Waals surface area contributed by atoms with Crippen LogP contribution >= 0.6 is 0 Å². The quantitative estimate of drug-likeness (QED) is 0.159. The summed E-state index contributed by atoms with van der Waals surface area (Å²) < 4.78 is 0. The van der Waals surface area contributed by atoms with E-state index in [1.807, 2.05) is 30.5 Å². The van der Waals surface area contributed by atoms with Crippen LogP contribution in [0.1, 0.15) is 24.0 Å². The van der Waals surface area contributed by atoms with E-state index in [1.54, 1.807) is 0 Å². The van der Waals surface area contributed by atoms with Crippen LogP contribution in [-0.2, 0) is 25.5 Å². The molecule has 1 saturated carbocycles. The summed E-state index contributed by atoms with van der Waals surface area (Å²) >= 11 is 0. The van der Waals surface area contributed by atoms with Gasteiger partial charge in [0.25, 0.3) is 0 Å². The fourth-order valence-corrected chi connectivity index (χ4v) is 5.68. The molecule has 0 unspecified atom stereocenters. The van der Waals surface area contributed by atoms with Crippen molar-refractivity contribution in [2.24, 2.45) is 0 Å². The van der Waals surface area contributed by atoms with Crippen LogP contribution < -0.4 is 0 Å². The van der Waals surface area contributed by atoms with Crippen LogP contribution in [0, 0.1) is 6.07 Å². The van der Waals surface area contributed by atoms with Crippen molar-refractivity contribution >= 4 is 0 Å². The van der Waals surface area contributed by atoms with Crippen LogP contribution in [0.15, 0.2) is 146 Å². The normalized spacial score (nSPS) is 13.3. The number of nitrogens with zero attached hydrogens (tertiary/aromatic N) is 1. The van der Waals surface area contributed by atoms with Crippen LogP contribution in [0.5, 0.6) is 0 Å². The monoisotopic (exact) mass is 691 g/mol. The molecule has 1 radical (unpaired) electrons. The van der Waals surface area contributed by atoms with Crippen LogP contribution in [0.25, 0.3) is 44.6 Å². The first-order chi connectivity index (χ1) is 19.3. The topological polar surface area (TPSA) is 12.9 Å². The molecular weight excluding hydrogens is 663 g/mol. The summed E-state index contributed by atoms with van der Waals surface area (Å²) in [6.07, 6.45) is 4.28. The molecular formula is C38H28IrN-. The molecule has 1 fully saturated rings. The molecule has 1 nitrogen and oxygen atoms in total. The Labute approximate surface area is 250 Å². The standard InChI is InChI=1S/C38H28N.Ir/c1-2-15-35(16-3-1)38(22-23-38)36-20-18-28(19-21-36)29-9-6-10-30(25-29)31-11-7-12-32(26-31)33-13-8-14-34(27-33)37-17-4-5-24-39-37;/h1-13,15-21,24-27H,22-23H2;/q-1;. The minimum atomic E-state index is 0. The summed E-state index contributed by atoms with van der Waals surface area (Å²) in [4.78, 5) is 4.49. The van der Waals surface area contributed by atoms with Crippen molar-refractivity contribution in [3.05, 3.63) is 163 Å². The fraction of sp³-hybridized carbons (Fsp3) is 0.0789. The van der Waals surface area contributed by atoms with Crippen LogP contribution in [0.4, 0.5) is 0 Å². The first-order valence-corrected chi connectivity index (χ1v) is 13.6. The van der Waals surface area contributed by atoms with Gasteiger partial charge >= 0.3 is 0 Å². The van der Waals surface area contributed by atoms with Crippen molar-refractivity contribution in [3.63, 3.8) is 0 Å². The van der Waals surface area contributed by atoms with E-state index in [-0.39, 0.29) is 25.5 Å². The van der Waals surface area contributed by atoms with E-state index in [1.165, 1.54) is 51.8 Å². The second kappa shape index (κ2) is 11.2. The van der Waals surface area contributed by atoms with E-state index < -0.39 is 0 Å². The molecule has 0 amide bonds. The van der Waals surface area contributed by atoms with Gasteiger partial charge in [0.2, 0.25) is 0 Å². The van der Waals surface area contributed by atoms with Crippen molar-refractivity contribution in [2.45, 2.75) is 18.3 Å². The molecule has 40 heavy (non-hydrogen) atoms. The minimum Gasteiger partial charge on any atom is -0.305 e. The number of benzene rings is 5. The molecule has 0 atom stereocenters. The van der Waals surface area contributed by atoms with Gasteiger partial charge < -0.3 is 4.98 Å². The summed E-state index contributed by atoms with van der Waals surface area (Å²) in [7, 11) is 0. The molecule has 195 valence electrons. The van der Waals surface area contributed by atoms with Crippen molar-refractivity contribution in [1.29, 1.82) is 0 Å². The number of rotatable bonds is 6. The van der Waals surface area contributed by atoms with Gasteiger partial charge in [-0.25, -0.2) is 0 Å². The molecule has 2 heteroatoms. The largest absolute Gasteiger partial charge is 0.305 e. The zero-order valence-electron chi connectivity index (χ0n) is 22.1. The molecule has 1 aliphatic carbocycles. The average molecular weight is 691 g/mol. The summed E-state index contributed by atoms with van der Waals surface area (Å²) in [5, 5.41) is 0. The Morgan fingerprint density at radius 3 is 1.68 bits per heavy atom. The van der Waals surface area contributed by atoms with Gasteiger partial charge in [-0.3, -0.25) is 0 Å². The number of hydrogen-bond acceptors (Lipinski definition) is 1. The maximum atomic E-state index is 4.49. The summed E-state index contributed by atoms with van der Waals surface area (Å²) in [5.74, 6) is 0. The predicted octanol–water partition coefficient (Wildman–Crippen LogP) is 9.63. The minimum absolute atomic E-state index is 0. The third-order valence-electron chi connectivity index (χ3n) is 7.98. The molecule has 1 aromatic heterocycles. The van der Waals surface area contributed by atoms with Gasteiger partial charge in [0.15, 0.2) is 0 Å². The molecule has 0 N–H and O–H groups in total. The van der Waals surface area contributed by atoms with Crippen molar-refractivity contribution in [3.8, 4) is 44.6 Å². The van der Waals surface area contributed by atoms with E-state index in [4.69, 9.17) is 0 Å². The second-order valence-electron chi connectivity index (χ2n) is 10.4. The molecule has 6 aromatic rings. The summed E-state index contributed by atoms with van der Waals surface area (Å²) in [6.45, 7) is 0. The zero-order chi connectivity index (χ0) is 26.1. The van der Waals surface area contributed by atoms with Gasteiger partial charge in [-0.15, -0.1) is 35.4 Å². The Morgan fingerprint density at radius 2 is 1.07 bits per heavy atom. The summed E-state index contributed by atoms with van der Waals surface area (Å²) in [5.41, 5.74) is 12.3.